The van der Waals surface area contributed by atoms with Crippen LogP contribution in [0.1, 0.15) is 44.7 Å². The lowest BCUT2D eigenvalue weighted by atomic mass is 10.0. The number of carbonyl (C=O) groups excluding carboxylic acids is 1. The van der Waals surface area contributed by atoms with E-state index in [2.05, 4.69) is 25.6 Å². The molecule has 1 amide bonds. The van der Waals surface area contributed by atoms with E-state index in [-0.39, 0.29) is 29.2 Å². The molecule has 0 aliphatic heterocycles. The highest BCUT2D eigenvalue weighted by Gasteiger charge is 2.30. The minimum Gasteiger partial charge on any atom is -0.446 e. The van der Waals surface area contributed by atoms with Gasteiger partial charge in [-0.05, 0) is 51.3 Å². The number of rotatable bonds is 7. The molecule has 0 radical (unpaired) electrons. The van der Waals surface area contributed by atoms with Crippen LogP contribution in [-0.2, 0) is 14.8 Å². The molecule has 9 nitrogen and oxygen atoms in total. The first-order chi connectivity index (χ1) is 14.1. The fraction of sp³-hybridized carbons (Fsp3) is 0.474. The summed E-state index contributed by atoms with van der Waals surface area (Å²) in [5.74, 6) is 0.849. The molecule has 1 heterocycles. The monoisotopic (exact) mass is 455 g/mol. The topological polar surface area (TPSA) is 125 Å². The molecule has 164 valence electrons. The Balaban J connectivity index is 1.58. The number of anilines is 3. The second-order valence-electron chi connectivity index (χ2n) is 7.74. The highest BCUT2D eigenvalue weighted by Crippen LogP contribution is 2.36. The van der Waals surface area contributed by atoms with Gasteiger partial charge in [0.1, 0.15) is 6.10 Å². The summed E-state index contributed by atoms with van der Waals surface area (Å²) in [6.45, 7) is 3.78. The molecule has 30 heavy (non-hydrogen) atoms. The molecule has 0 spiro atoms. The molecule has 3 rings (SSSR count). The van der Waals surface area contributed by atoms with Gasteiger partial charge in [-0.2, -0.15) is 5.10 Å². The van der Waals surface area contributed by atoms with Gasteiger partial charge in [0.2, 0.25) is 10.0 Å². The number of halogens is 1. The summed E-state index contributed by atoms with van der Waals surface area (Å²) in [4.78, 5) is 11.8. The molecule has 4 N–H and O–H groups in total. The molecule has 1 aliphatic rings. The van der Waals surface area contributed by atoms with E-state index in [1.54, 1.807) is 18.2 Å². The predicted octanol–water partition coefficient (Wildman–Crippen LogP) is 3.95. The summed E-state index contributed by atoms with van der Waals surface area (Å²) in [7, 11) is -3.40. The van der Waals surface area contributed by atoms with Crippen LogP contribution in [-0.4, -0.2) is 43.1 Å². The molecule has 11 heteroatoms. The van der Waals surface area contributed by atoms with Crippen molar-refractivity contribution in [2.75, 3.05) is 16.3 Å². The minimum absolute atomic E-state index is 0.0423. The molecule has 1 aromatic carbocycles. The number of sulfonamides is 1. The van der Waals surface area contributed by atoms with Crippen molar-refractivity contribution in [2.24, 2.45) is 0 Å². The zero-order valence-electron chi connectivity index (χ0n) is 17.0. The van der Waals surface area contributed by atoms with Crippen LogP contribution < -0.4 is 15.4 Å². The lowest BCUT2D eigenvalue weighted by molar-refractivity contribution is 0.0981. The van der Waals surface area contributed by atoms with Crippen molar-refractivity contribution in [1.29, 1.82) is 0 Å². The Morgan fingerprint density at radius 2 is 2.07 bits per heavy atom. The van der Waals surface area contributed by atoms with Crippen molar-refractivity contribution in [2.45, 2.75) is 51.2 Å². The number of aromatic nitrogens is 2. The van der Waals surface area contributed by atoms with Gasteiger partial charge in [-0.3, -0.25) is 9.82 Å². The molecule has 1 aliphatic carbocycles. The molecule has 2 aromatic rings. The fourth-order valence-electron chi connectivity index (χ4n) is 3.38. The summed E-state index contributed by atoms with van der Waals surface area (Å²) in [5, 5.41) is 13.5. The number of hydrogen-bond acceptors (Lipinski definition) is 6. The van der Waals surface area contributed by atoms with Crippen LogP contribution in [0.5, 0.6) is 0 Å². The molecule has 0 unspecified atom stereocenters. The van der Waals surface area contributed by atoms with Crippen LogP contribution in [0.25, 0.3) is 0 Å². The maximum absolute atomic E-state index is 11.8. The van der Waals surface area contributed by atoms with Crippen LogP contribution in [0.3, 0.4) is 0 Å². The largest absolute Gasteiger partial charge is 0.446 e. The lowest BCUT2D eigenvalue weighted by Crippen LogP contribution is -2.33. The first kappa shape index (κ1) is 22.2. The number of H-pyrrole nitrogens is 1. The molecule has 1 saturated carbocycles. The van der Waals surface area contributed by atoms with Crippen LogP contribution >= 0.6 is 11.6 Å². The lowest BCUT2D eigenvalue weighted by Gasteiger charge is -2.14. The Hall–Kier alpha value is -2.46. The van der Waals surface area contributed by atoms with E-state index >= 15 is 0 Å². The minimum atomic E-state index is -3.40. The third-order valence-corrected chi connectivity index (χ3v) is 5.54. The number of nitrogens with zero attached hydrogens (tertiary/aromatic N) is 1. The zero-order valence-corrected chi connectivity index (χ0v) is 18.6. The summed E-state index contributed by atoms with van der Waals surface area (Å²) >= 11 is 6.16. The van der Waals surface area contributed by atoms with Crippen molar-refractivity contribution < 1.29 is 17.9 Å². The average molecular weight is 456 g/mol. The molecule has 1 aromatic heterocycles. The van der Waals surface area contributed by atoms with Gasteiger partial charge in [-0.1, -0.05) is 11.6 Å². The standard InChI is InChI=1S/C19H26ClN5O4S/c1-11(2)21-19(26)29-14-6-4-12(8-14)17-10-18(24-23-17)22-13-5-7-16(15(20)9-13)25-30(3,27)28/h5,7,9-12,14,25H,4,6,8H2,1-3H3,(H,21,26)(H2,22,23,24)/t12-,14+/m1/s1. The SMILES string of the molecule is CC(C)NC(=O)O[C@H]1CC[C@@H](c2cc(Nc3ccc(NS(C)(=O)=O)c(Cl)c3)n[nH]2)C1. The zero-order chi connectivity index (χ0) is 21.9. The number of carbonyl (C=O) groups is 1. The van der Waals surface area contributed by atoms with E-state index in [0.29, 0.717) is 17.2 Å². The Bertz CT molecular complexity index is 1010. The van der Waals surface area contributed by atoms with Gasteiger partial charge in [0.25, 0.3) is 0 Å². The van der Waals surface area contributed by atoms with Crippen LogP contribution in [0, 0.1) is 0 Å². The van der Waals surface area contributed by atoms with E-state index in [0.717, 1.165) is 31.2 Å². The quantitative estimate of drug-likeness (QED) is 0.501. The molecular weight excluding hydrogens is 430 g/mol. The Labute approximate surface area is 181 Å². The Morgan fingerprint density at radius 3 is 2.73 bits per heavy atom. The van der Waals surface area contributed by atoms with Crippen molar-refractivity contribution in [3.8, 4) is 0 Å². The molecule has 0 saturated heterocycles. The maximum Gasteiger partial charge on any atom is 0.407 e. The van der Waals surface area contributed by atoms with Crippen LogP contribution in [0.4, 0.5) is 22.0 Å². The number of nitrogens with one attached hydrogen (secondary N) is 4. The second-order valence-corrected chi connectivity index (χ2v) is 9.89. The number of hydrogen-bond donors (Lipinski definition) is 4. The number of amides is 1. The van der Waals surface area contributed by atoms with Crippen molar-refractivity contribution in [3.63, 3.8) is 0 Å². The van der Waals surface area contributed by atoms with Gasteiger partial charge in [-0.25, -0.2) is 13.2 Å². The molecule has 0 bridgehead atoms. The highest BCUT2D eigenvalue weighted by atomic mass is 35.5. The highest BCUT2D eigenvalue weighted by molar-refractivity contribution is 7.92. The smallest absolute Gasteiger partial charge is 0.407 e. The Morgan fingerprint density at radius 1 is 1.30 bits per heavy atom. The van der Waals surface area contributed by atoms with Gasteiger partial charge in [0.05, 0.1) is 17.0 Å². The average Bonchev–Trinajstić information content (AvgIpc) is 3.25. The number of alkyl carbamates (subject to hydrolysis) is 1. The third kappa shape index (κ3) is 6.27. The normalized spacial score (nSPS) is 19.0. The van der Waals surface area contributed by atoms with E-state index in [4.69, 9.17) is 16.3 Å². The summed E-state index contributed by atoms with van der Waals surface area (Å²) < 4.78 is 30.5. The van der Waals surface area contributed by atoms with Crippen molar-refractivity contribution >= 4 is 44.9 Å². The number of benzene rings is 1. The van der Waals surface area contributed by atoms with Gasteiger partial charge in [0.15, 0.2) is 5.82 Å². The van der Waals surface area contributed by atoms with E-state index < -0.39 is 10.0 Å². The molecule has 1 fully saturated rings. The number of aromatic amines is 1. The predicted molar refractivity (Wildman–Crippen MR) is 117 cm³/mol. The second kappa shape index (κ2) is 9.13. The third-order valence-electron chi connectivity index (χ3n) is 4.64. The van der Waals surface area contributed by atoms with Crippen LogP contribution in [0.2, 0.25) is 5.02 Å². The van der Waals surface area contributed by atoms with E-state index in [1.807, 2.05) is 19.9 Å². The van der Waals surface area contributed by atoms with E-state index in [9.17, 15) is 13.2 Å². The summed E-state index contributed by atoms with van der Waals surface area (Å²) in [5.41, 5.74) is 1.95. The first-order valence-corrected chi connectivity index (χ1v) is 11.9. The number of ether oxygens (including phenoxy) is 1. The summed E-state index contributed by atoms with van der Waals surface area (Å²) in [6.07, 6.45) is 3.03. The van der Waals surface area contributed by atoms with Gasteiger partial charge in [0, 0.05) is 29.4 Å². The van der Waals surface area contributed by atoms with Gasteiger partial charge >= 0.3 is 6.09 Å². The maximum atomic E-state index is 11.8. The van der Waals surface area contributed by atoms with Crippen molar-refractivity contribution in [1.82, 2.24) is 15.5 Å². The Kier molecular flexibility index (Phi) is 6.77. The summed E-state index contributed by atoms with van der Waals surface area (Å²) in [6, 6.07) is 6.87. The fourth-order valence-corrected chi connectivity index (χ4v) is 4.25. The van der Waals surface area contributed by atoms with Gasteiger partial charge < -0.3 is 15.4 Å². The van der Waals surface area contributed by atoms with Gasteiger partial charge in [-0.15, -0.1) is 0 Å². The van der Waals surface area contributed by atoms with Crippen molar-refractivity contribution in [3.05, 3.63) is 35.0 Å². The molecular formula is C19H26ClN5O4S. The van der Waals surface area contributed by atoms with E-state index in [1.165, 1.54) is 0 Å². The van der Waals surface area contributed by atoms with Crippen LogP contribution in [0.15, 0.2) is 24.3 Å². The first-order valence-electron chi connectivity index (χ1n) is 9.66. The molecule has 2 atom stereocenters.